The largest absolute Gasteiger partial charge is 0.508 e. The molecule has 4 rings (SSSR count). The second-order valence-corrected chi connectivity index (χ2v) is 8.93. The number of carbonyl (C=O) groups is 1. The first-order valence-corrected chi connectivity index (χ1v) is 11.1. The summed E-state index contributed by atoms with van der Waals surface area (Å²) in [5.41, 5.74) is 2.95. The number of rotatable bonds is 6. The Morgan fingerprint density at radius 1 is 1.27 bits per heavy atom. The third-order valence-electron chi connectivity index (χ3n) is 5.87. The van der Waals surface area contributed by atoms with Crippen molar-refractivity contribution in [2.24, 2.45) is 4.99 Å². The van der Waals surface area contributed by atoms with Gasteiger partial charge in [-0.25, -0.2) is 0 Å². The smallest absolute Gasteiger partial charge is 0.251 e. The predicted octanol–water partition coefficient (Wildman–Crippen LogP) is 3.18. The molecule has 1 saturated heterocycles. The molecule has 158 valence electrons. The number of nitrogens with one attached hydrogen (secondary N) is 1. The van der Waals surface area contributed by atoms with Crippen molar-refractivity contribution >= 4 is 27.8 Å². The monoisotopic (exact) mass is 470 g/mol. The number of halogens is 1. The van der Waals surface area contributed by atoms with Crippen molar-refractivity contribution in [3.05, 3.63) is 63.6 Å². The number of phenolic OH excluding ortho intramolecular Hbond substituents is 1. The maximum absolute atomic E-state index is 12.6. The maximum atomic E-state index is 12.6. The summed E-state index contributed by atoms with van der Waals surface area (Å²) < 4.78 is 0.939. The molecule has 2 aromatic carbocycles. The summed E-state index contributed by atoms with van der Waals surface area (Å²) in [5, 5.41) is 12.6. The highest BCUT2D eigenvalue weighted by molar-refractivity contribution is 9.10. The van der Waals surface area contributed by atoms with Crippen LogP contribution in [-0.4, -0.2) is 65.0 Å². The SMILES string of the molecule is Cc1ccc(C(=O)NCCN2C3=NC[C@H](C)N3C[C@H]2Cc2ccc(O)cc2)cc1Br. The second kappa shape index (κ2) is 8.68. The number of hydrogen-bond acceptors (Lipinski definition) is 5. The summed E-state index contributed by atoms with van der Waals surface area (Å²) in [6.07, 6.45) is 0.876. The molecule has 0 saturated carbocycles. The summed E-state index contributed by atoms with van der Waals surface area (Å²) in [6.45, 7) is 7.22. The Kier molecular flexibility index (Phi) is 5.99. The fraction of sp³-hybridized carbons (Fsp3) is 0.391. The van der Waals surface area contributed by atoms with Crippen LogP contribution >= 0.6 is 15.9 Å². The fourth-order valence-corrected chi connectivity index (χ4v) is 4.47. The van der Waals surface area contributed by atoms with E-state index in [1.54, 1.807) is 12.1 Å². The topological polar surface area (TPSA) is 68.2 Å². The van der Waals surface area contributed by atoms with E-state index in [1.807, 2.05) is 37.3 Å². The number of guanidine groups is 1. The third-order valence-corrected chi connectivity index (χ3v) is 6.73. The Balaban J connectivity index is 1.41. The Hall–Kier alpha value is -2.54. The number of aliphatic imine (C=N–C) groups is 1. The second-order valence-electron chi connectivity index (χ2n) is 8.08. The van der Waals surface area contributed by atoms with Crippen molar-refractivity contribution in [1.29, 1.82) is 0 Å². The highest BCUT2D eigenvalue weighted by atomic mass is 79.9. The van der Waals surface area contributed by atoms with E-state index in [0.29, 0.717) is 30.7 Å². The fourth-order valence-electron chi connectivity index (χ4n) is 4.09. The van der Waals surface area contributed by atoms with Crippen molar-refractivity contribution in [3.8, 4) is 5.75 Å². The maximum Gasteiger partial charge on any atom is 0.251 e. The van der Waals surface area contributed by atoms with Gasteiger partial charge in [0.25, 0.3) is 5.91 Å². The van der Waals surface area contributed by atoms with E-state index in [0.717, 1.165) is 35.5 Å². The van der Waals surface area contributed by atoms with Crippen LogP contribution in [0.15, 0.2) is 51.9 Å². The number of phenols is 1. The Labute approximate surface area is 185 Å². The lowest BCUT2D eigenvalue weighted by atomic mass is 10.0. The summed E-state index contributed by atoms with van der Waals surface area (Å²) in [6, 6.07) is 13.8. The average molecular weight is 471 g/mol. The van der Waals surface area contributed by atoms with Crippen LogP contribution in [0.2, 0.25) is 0 Å². The minimum absolute atomic E-state index is 0.0661. The molecule has 1 amide bonds. The highest BCUT2D eigenvalue weighted by Crippen LogP contribution is 2.26. The zero-order valence-corrected chi connectivity index (χ0v) is 18.9. The molecule has 1 fully saturated rings. The number of fused-ring (bicyclic) bond motifs is 1. The van der Waals surface area contributed by atoms with Gasteiger partial charge in [-0.05, 0) is 55.7 Å². The van der Waals surface area contributed by atoms with Gasteiger partial charge in [0, 0.05) is 35.7 Å². The van der Waals surface area contributed by atoms with Gasteiger partial charge in [0.05, 0.1) is 12.6 Å². The van der Waals surface area contributed by atoms with Crippen molar-refractivity contribution in [2.75, 3.05) is 26.2 Å². The van der Waals surface area contributed by atoms with Gasteiger partial charge in [0.15, 0.2) is 5.96 Å². The van der Waals surface area contributed by atoms with Gasteiger partial charge >= 0.3 is 0 Å². The lowest BCUT2D eigenvalue weighted by Crippen LogP contribution is -2.42. The number of aromatic hydroxyl groups is 1. The molecule has 0 aliphatic carbocycles. The summed E-state index contributed by atoms with van der Waals surface area (Å²) in [4.78, 5) is 22.0. The minimum atomic E-state index is -0.0661. The minimum Gasteiger partial charge on any atom is -0.508 e. The number of carbonyl (C=O) groups excluding carboxylic acids is 1. The summed E-state index contributed by atoms with van der Waals surface area (Å²) in [7, 11) is 0. The van der Waals surface area contributed by atoms with Crippen LogP contribution in [0.25, 0.3) is 0 Å². The number of hydrogen-bond donors (Lipinski definition) is 2. The summed E-state index contributed by atoms with van der Waals surface area (Å²) >= 11 is 3.49. The van der Waals surface area contributed by atoms with E-state index in [2.05, 4.69) is 38.0 Å². The van der Waals surface area contributed by atoms with E-state index in [-0.39, 0.29) is 11.7 Å². The van der Waals surface area contributed by atoms with Gasteiger partial charge in [-0.2, -0.15) is 0 Å². The number of benzene rings is 2. The van der Waals surface area contributed by atoms with Crippen LogP contribution in [0.1, 0.15) is 28.4 Å². The number of aryl methyl sites for hydroxylation is 1. The molecular formula is C23H27BrN4O2. The van der Waals surface area contributed by atoms with Crippen LogP contribution in [0.3, 0.4) is 0 Å². The van der Waals surface area contributed by atoms with Crippen LogP contribution < -0.4 is 5.32 Å². The normalized spacial score (nSPS) is 20.3. The van der Waals surface area contributed by atoms with Gasteiger partial charge < -0.3 is 20.2 Å². The van der Waals surface area contributed by atoms with Crippen LogP contribution in [-0.2, 0) is 6.42 Å². The van der Waals surface area contributed by atoms with Crippen LogP contribution in [0, 0.1) is 6.92 Å². The van der Waals surface area contributed by atoms with E-state index in [4.69, 9.17) is 4.99 Å². The molecule has 2 aromatic rings. The molecule has 0 spiro atoms. The average Bonchev–Trinajstić information content (AvgIpc) is 3.25. The molecule has 2 aliphatic heterocycles. The quantitative estimate of drug-likeness (QED) is 0.680. The Morgan fingerprint density at radius 2 is 2.03 bits per heavy atom. The zero-order chi connectivity index (χ0) is 21.3. The predicted molar refractivity (Wildman–Crippen MR) is 122 cm³/mol. The summed E-state index contributed by atoms with van der Waals surface area (Å²) in [5.74, 6) is 1.26. The first-order chi connectivity index (χ1) is 14.4. The van der Waals surface area contributed by atoms with Gasteiger partial charge in [-0.3, -0.25) is 9.79 Å². The molecule has 30 heavy (non-hydrogen) atoms. The molecule has 2 heterocycles. The highest BCUT2D eigenvalue weighted by Gasteiger charge is 2.40. The van der Waals surface area contributed by atoms with Gasteiger partial charge in [0.2, 0.25) is 0 Å². The van der Waals surface area contributed by atoms with Crippen molar-refractivity contribution < 1.29 is 9.90 Å². The van der Waals surface area contributed by atoms with Crippen LogP contribution in [0.4, 0.5) is 0 Å². The molecule has 0 aromatic heterocycles. The first kappa shape index (κ1) is 20.7. The molecule has 2 aliphatic rings. The standard InChI is InChI=1S/C23H27BrN4O2/c1-15-3-6-18(12-21(15)24)22(30)25-9-10-27-19(11-17-4-7-20(29)8-5-17)14-28-16(2)13-26-23(27)28/h3-8,12,16,19,29H,9-11,13-14H2,1-2H3,(H,25,30)/t16-,19+/m0/s1. The Bertz CT molecular complexity index is 960. The van der Waals surface area contributed by atoms with E-state index < -0.39 is 0 Å². The van der Waals surface area contributed by atoms with E-state index in [9.17, 15) is 9.90 Å². The van der Waals surface area contributed by atoms with Crippen molar-refractivity contribution in [3.63, 3.8) is 0 Å². The van der Waals surface area contributed by atoms with Crippen molar-refractivity contribution in [1.82, 2.24) is 15.1 Å². The van der Waals surface area contributed by atoms with E-state index >= 15 is 0 Å². The Morgan fingerprint density at radius 3 is 2.77 bits per heavy atom. The molecule has 0 unspecified atom stereocenters. The molecule has 7 heteroatoms. The molecule has 2 N–H and O–H groups in total. The lowest BCUT2D eigenvalue weighted by Gasteiger charge is -2.25. The first-order valence-electron chi connectivity index (χ1n) is 10.3. The van der Waals surface area contributed by atoms with Crippen molar-refractivity contribution in [2.45, 2.75) is 32.4 Å². The zero-order valence-electron chi connectivity index (χ0n) is 17.3. The van der Waals surface area contributed by atoms with Gasteiger partial charge in [-0.15, -0.1) is 0 Å². The number of nitrogens with zero attached hydrogens (tertiary/aromatic N) is 3. The van der Waals surface area contributed by atoms with E-state index in [1.165, 1.54) is 5.56 Å². The molecule has 2 atom stereocenters. The molecular weight excluding hydrogens is 444 g/mol. The lowest BCUT2D eigenvalue weighted by molar-refractivity contribution is 0.0950. The van der Waals surface area contributed by atoms with Gasteiger partial charge in [0.1, 0.15) is 5.75 Å². The van der Waals surface area contributed by atoms with Gasteiger partial charge in [-0.1, -0.05) is 34.1 Å². The third kappa shape index (κ3) is 4.31. The molecule has 0 bridgehead atoms. The molecule has 6 nitrogen and oxygen atoms in total. The van der Waals surface area contributed by atoms with Crippen LogP contribution in [0.5, 0.6) is 5.75 Å². The number of amides is 1. The molecule has 0 radical (unpaired) electrons.